The second kappa shape index (κ2) is 8.44. The third-order valence-corrected chi connectivity index (χ3v) is 3.11. The molecule has 3 N–H and O–H groups in total. The van der Waals surface area contributed by atoms with E-state index in [-0.39, 0.29) is 18.3 Å². The molecule has 1 atom stereocenters. The fourth-order valence-electron chi connectivity index (χ4n) is 2.02. The SMILES string of the molecule is Cl.Cn1cc(CCNC(=O)C(N)Cc2ccccc2)cn1. The molecule has 21 heavy (non-hydrogen) atoms. The van der Waals surface area contributed by atoms with Gasteiger partial charge >= 0.3 is 0 Å². The van der Waals surface area contributed by atoms with E-state index in [1.807, 2.05) is 43.6 Å². The first-order chi connectivity index (χ1) is 9.65. The number of benzene rings is 1. The summed E-state index contributed by atoms with van der Waals surface area (Å²) < 4.78 is 1.75. The van der Waals surface area contributed by atoms with Gasteiger partial charge in [0.25, 0.3) is 0 Å². The maximum atomic E-state index is 11.9. The summed E-state index contributed by atoms with van der Waals surface area (Å²) in [6, 6.07) is 9.28. The molecule has 1 aromatic carbocycles. The largest absolute Gasteiger partial charge is 0.354 e. The van der Waals surface area contributed by atoms with Crippen LogP contribution in [-0.2, 0) is 24.7 Å². The predicted molar refractivity (Wildman–Crippen MR) is 85.3 cm³/mol. The molecule has 0 aliphatic heterocycles. The quantitative estimate of drug-likeness (QED) is 0.838. The van der Waals surface area contributed by atoms with Crippen molar-refractivity contribution in [3.8, 4) is 0 Å². The molecule has 1 heterocycles. The summed E-state index contributed by atoms with van der Waals surface area (Å²) in [5.41, 5.74) is 8.08. The second-order valence-corrected chi connectivity index (χ2v) is 4.86. The molecular weight excluding hydrogens is 288 g/mol. The van der Waals surface area contributed by atoms with E-state index in [9.17, 15) is 4.79 Å². The van der Waals surface area contributed by atoms with Gasteiger partial charge in [-0.15, -0.1) is 12.4 Å². The molecule has 0 fully saturated rings. The lowest BCUT2D eigenvalue weighted by atomic mass is 10.1. The first-order valence-electron chi connectivity index (χ1n) is 6.70. The van der Waals surface area contributed by atoms with Gasteiger partial charge < -0.3 is 11.1 Å². The number of amides is 1. The molecule has 5 nitrogen and oxygen atoms in total. The van der Waals surface area contributed by atoms with Crippen LogP contribution in [0, 0.1) is 0 Å². The summed E-state index contributed by atoms with van der Waals surface area (Å²) in [4.78, 5) is 11.9. The lowest BCUT2D eigenvalue weighted by molar-refractivity contribution is -0.122. The van der Waals surface area contributed by atoms with Crippen molar-refractivity contribution >= 4 is 18.3 Å². The van der Waals surface area contributed by atoms with Crippen LogP contribution in [0.25, 0.3) is 0 Å². The lowest BCUT2D eigenvalue weighted by Crippen LogP contribution is -2.42. The molecule has 6 heteroatoms. The van der Waals surface area contributed by atoms with Crippen LogP contribution >= 0.6 is 12.4 Å². The lowest BCUT2D eigenvalue weighted by Gasteiger charge is -2.12. The molecule has 1 amide bonds. The predicted octanol–water partition coefficient (Wildman–Crippen LogP) is 1.07. The number of nitrogens with one attached hydrogen (secondary N) is 1. The Labute approximate surface area is 130 Å². The Morgan fingerprint density at radius 1 is 1.33 bits per heavy atom. The minimum atomic E-state index is -0.508. The number of halogens is 1. The number of carbonyl (C=O) groups is 1. The summed E-state index contributed by atoms with van der Waals surface area (Å²) in [6.07, 6.45) is 5.06. The van der Waals surface area contributed by atoms with Crippen molar-refractivity contribution in [1.29, 1.82) is 0 Å². The summed E-state index contributed by atoms with van der Waals surface area (Å²) in [5.74, 6) is -0.113. The van der Waals surface area contributed by atoms with Crippen molar-refractivity contribution in [2.24, 2.45) is 12.8 Å². The zero-order chi connectivity index (χ0) is 14.4. The number of nitrogens with two attached hydrogens (primary N) is 1. The molecule has 0 aliphatic carbocycles. The van der Waals surface area contributed by atoms with Crippen LogP contribution in [0.4, 0.5) is 0 Å². The molecule has 2 rings (SSSR count). The number of nitrogens with zero attached hydrogens (tertiary/aromatic N) is 2. The molecule has 0 spiro atoms. The van der Waals surface area contributed by atoms with Gasteiger partial charge in [0.05, 0.1) is 12.2 Å². The maximum absolute atomic E-state index is 11.9. The van der Waals surface area contributed by atoms with Crippen LogP contribution < -0.4 is 11.1 Å². The molecule has 0 bridgehead atoms. The monoisotopic (exact) mass is 308 g/mol. The fourth-order valence-corrected chi connectivity index (χ4v) is 2.02. The molecule has 2 aromatic rings. The van der Waals surface area contributed by atoms with Gasteiger partial charge in [-0.1, -0.05) is 30.3 Å². The van der Waals surface area contributed by atoms with Gasteiger partial charge in [-0.3, -0.25) is 9.48 Å². The average molecular weight is 309 g/mol. The Morgan fingerprint density at radius 2 is 2.05 bits per heavy atom. The molecule has 0 saturated heterocycles. The topological polar surface area (TPSA) is 72.9 Å². The van der Waals surface area contributed by atoms with Crippen molar-refractivity contribution in [2.75, 3.05) is 6.54 Å². The number of carbonyl (C=O) groups excluding carboxylic acids is 1. The van der Waals surface area contributed by atoms with Gasteiger partial charge in [0.2, 0.25) is 5.91 Å². The molecular formula is C15H21ClN4O. The third-order valence-electron chi connectivity index (χ3n) is 3.11. The fraction of sp³-hybridized carbons (Fsp3) is 0.333. The molecule has 1 unspecified atom stereocenters. The highest BCUT2D eigenvalue weighted by Gasteiger charge is 2.13. The van der Waals surface area contributed by atoms with Crippen molar-refractivity contribution in [2.45, 2.75) is 18.9 Å². The highest BCUT2D eigenvalue weighted by atomic mass is 35.5. The first kappa shape index (κ1) is 17.2. The van der Waals surface area contributed by atoms with E-state index in [1.165, 1.54) is 0 Å². The van der Waals surface area contributed by atoms with Crippen LogP contribution in [0.2, 0.25) is 0 Å². The van der Waals surface area contributed by atoms with E-state index in [2.05, 4.69) is 10.4 Å². The normalized spacial score (nSPS) is 11.5. The Hall–Kier alpha value is -1.85. The van der Waals surface area contributed by atoms with E-state index in [0.29, 0.717) is 13.0 Å². The number of rotatable bonds is 6. The van der Waals surface area contributed by atoms with E-state index in [4.69, 9.17) is 5.73 Å². The smallest absolute Gasteiger partial charge is 0.237 e. The Bertz CT molecular complexity index is 556. The molecule has 0 radical (unpaired) electrons. The molecule has 114 valence electrons. The number of hydrogen-bond acceptors (Lipinski definition) is 3. The van der Waals surface area contributed by atoms with Crippen LogP contribution in [0.5, 0.6) is 0 Å². The average Bonchev–Trinajstić information content (AvgIpc) is 2.85. The minimum Gasteiger partial charge on any atom is -0.354 e. The van der Waals surface area contributed by atoms with Gasteiger partial charge in [-0.25, -0.2) is 0 Å². The van der Waals surface area contributed by atoms with E-state index < -0.39 is 6.04 Å². The molecule has 0 saturated carbocycles. The van der Waals surface area contributed by atoms with Gasteiger partial charge in [0.1, 0.15) is 0 Å². The highest BCUT2D eigenvalue weighted by molar-refractivity contribution is 5.85. The molecule has 0 aliphatic rings. The summed E-state index contributed by atoms with van der Waals surface area (Å²) in [7, 11) is 1.87. The van der Waals surface area contributed by atoms with E-state index in [0.717, 1.165) is 17.5 Å². The van der Waals surface area contributed by atoms with Gasteiger partial charge in [0.15, 0.2) is 0 Å². The van der Waals surface area contributed by atoms with Crippen molar-refractivity contribution in [1.82, 2.24) is 15.1 Å². The van der Waals surface area contributed by atoms with E-state index >= 15 is 0 Å². The van der Waals surface area contributed by atoms with Gasteiger partial charge in [-0.05, 0) is 24.0 Å². The highest BCUT2D eigenvalue weighted by Crippen LogP contribution is 2.02. The van der Waals surface area contributed by atoms with Crippen molar-refractivity contribution < 1.29 is 4.79 Å². The molecule has 1 aromatic heterocycles. The second-order valence-electron chi connectivity index (χ2n) is 4.86. The number of aromatic nitrogens is 2. The Balaban J connectivity index is 0.00000220. The first-order valence-corrected chi connectivity index (χ1v) is 6.70. The van der Waals surface area contributed by atoms with Crippen LogP contribution in [0.15, 0.2) is 42.7 Å². The Kier molecular flexibility index (Phi) is 6.91. The number of aryl methyl sites for hydroxylation is 1. The summed E-state index contributed by atoms with van der Waals surface area (Å²) >= 11 is 0. The van der Waals surface area contributed by atoms with Gasteiger partial charge in [-0.2, -0.15) is 5.10 Å². The summed E-state index contributed by atoms with van der Waals surface area (Å²) in [6.45, 7) is 0.576. The zero-order valence-electron chi connectivity index (χ0n) is 12.0. The van der Waals surface area contributed by atoms with Crippen LogP contribution in [-0.4, -0.2) is 28.3 Å². The maximum Gasteiger partial charge on any atom is 0.237 e. The zero-order valence-corrected chi connectivity index (χ0v) is 12.8. The van der Waals surface area contributed by atoms with E-state index in [1.54, 1.807) is 10.9 Å². The third kappa shape index (κ3) is 5.57. The summed E-state index contributed by atoms with van der Waals surface area (Å²) in [5, 5.41) is 6.94. The minimum absolute atomic E-state index is 0. The van der Waals surface area contributed by atoms with Crippen LogP contribution in [0.1, 0.15) is 11.1 Å². The number of hydrogen-bond donors (Lipinski definition) is 2. The Morgan fingerprint density at radius 3 is 2.67 bits per heavy atom. The van der Waals surface area contributed by atoms with Gasteiger partial charge in [0, 0.05) is 19.8 Å². The van der Waals surface area contributed by atoms with Crippen molar-refractivity contribution in [3.63, 3.8) is 0 Å². The van der Waals surface area contributed by atoms with Crippen molar-refractivity contribution in [3.05, 3.63) is 53.9 Å². The van der Waals surface area contributed by atoms with Crippen LogP contribution in [0.3, 0.4) is 0 Å². The standard InChI is InChI=1S/C15H20N4O.ClH/c1-19-11-13(10-18-19)7-8-17-15(20)14(16)9-12-5-3-2-4-6-12;/h2-6,10-11,14H,7-9,16H2,1H3,(H,17,20);1H.